The fraction of sp³-hybridized carbons (Fsp3) is 0.0652. The minimum atomic E-state index is 0.890. The summed E-state index contributed by atoms with van der Waals surface area (Å²) < 4.78 is 2.45. The molecule has 3 heterocycles. The normalized spacial score (nSPS) is 13.2. The molecule has 0 N–H and O–H groups in total. The maximum atomic E-state index is 4.77. The van der Waals surface area contributed by atoms with E-state index in [-0.39, 0.29) is 0 Å². The Morgan fingerprint density at radius 1 is 0.551 bits per heavy atom. The Hall–Kier alpha value is -6.19. The van der Waals surface area contributed by atoms with Gasteiger partial charge in [0.1, 0.15) is 0 Å². The summed E-state index contributed by atoms with van der Waals surface area (Å²) in [6.07, 6.45) is 6.33. The second-order valence-electron chi connectivity index (χ2n) is 13.0. The number of hydrogen-bond donors (Lipinski definition) is 0. The van der Waals surface area contributed by atoms with Crippen LogP contribution in [-0.4, -0.2) is 28.0 Å². The molecule has 9 rings (SSSR count). The molecule has 0 bridgehead atoms. The molecule has 49 heavy (non-hydrogen) atoms. The number of para-hydroxylation sites is 1. The van der Waals surface area contributed by atoms with Gasteiger partial charge in [0.15, 0.2) is 0 Å². The number of hydrogen-bond acceptors (Lipinski definition) is 2. The van der Waals surface area contributed by atoms with Crippen LogP contribution in [0.25, 0.3) is 77.3 Å². The topological polar surface area (TPSA) is 21.1 Å². The number of aromatic nitrogens is 2. The third-order valence-electron chi connectivity index (χ3n) is 9.90. The molecule has 0 atom stereocenters. The number of pyridine rings is 1. The summed E-state index contributed by atoms with van der Waals surface area (Å²) in [5, 5.41) is 4.96. The number of allylic oxidation sites excluding steroid dienone is 2. The summed E-state index contributed by atoms with van der Waals surface area (Å²) in [4.78, 5) is 7.04. The van der Waals surface area contributed by atoms with Crippen molar-refractivity contribution in [3.8, 4) is 39.1 Å². The molecule has 2 aromatic heterocycles. The van der Waals surface area contributed by atoms with E-state index < -0.39 is 0 Å². The standard InChI is InChI=1S/C46H35N3/c1-31-11-10-26-48(2)45(31)43-29-37(24-25-47-43)35-18-21-40-38(28-35)20-23-42-41-22-19-36(30-44(41)49(46(40)42)39-16-7-4-8-17-39)34-15-9-14-33(27-34)32-12-5-3-6-13-32/h3-25,27-30H,26H2,1-2H3. The lowest BCUT2D eigenvalue weighted by atomic mass is 9.97. The smallest absolute Gasteiger partial charge is 0.0871 e. The predicted molar refractivity (Wildman–Crippen MR) is 207 cm³/mol. The first-order chi connectivity index (χ1) is 24.1. The van der Waals surface area contributed by atoms with Crippen LogP contribution in [0.4, 0.5) is 0 Å². The van der Waals surface area contributed by atoms with Crippen molar-refractivity contribution in [2.45, 2.75) is 6.92 Å². The molecule has 6 aromatic carbocycles. The zero-order valence-corrected chi connectivity index (χ0v) is 27.6. The largest absolute Gasteiger partial charge is 0.369 e. The Kier molecular flexibility index (Phi) is 6.98. The van der Waals surface area contributed by atoms with Gasteiger partial charge in [0.25, 0.3) is 0 Å². The van der Waals surface area contributed by atoms with Crippen LogP contribution in [-0.2, 0) is 0 Å². The Labute approximate surface area is 286 Å². The highest BCUT2D eigenvalue weighted by molar-refractivity contribution is 6.19. The Morgan fingerprint density at radius 2 is 1.20 bits per heavy atom. The van der Waals surface area contributed by atoms with E-state index in [1.165, 1.54) is 77.2 Å². The average molecular weight is 630 g/mol. The van der Waals surface area contributed by atoms with Gasteiger partial charge in [0.05, 0.1) is 22.4 Å². The molecule has 0 spiro atoms. The van der Waals surface area contributed by atoms with E-state index >= 15 is 0 Å². The predicted octanol–water partition coefficient (Wildman–Crippen LogP) is 11.6. The van der Waals surface area contributed by atoms with E-state index in [1.807, 2.05) is 6.20 Å². The van der Waals surface area contributed by atoms with E-state index in [1.54, 1.807) is 0 Å². The average Bonchev–Trinajstić information content (AvgIpc) is 3.49. The van der Waals surface area contributed by atoms with Crippen molar-refractivity contribution in [2.24, 2.45) is 0 Å². The van der Waals surface area contributed by atoms with E-state index in [9.17, 15) is 0 Å². The summed E-state index contributed by atoms with van der Waals surface area (Å²) in [6, 6.07) is 53.0. The molecule has 0 unspecified atom stereocenters. The van der Waals surface area contributed by atoms with Crippen molar-refractivity contribution in [3.63, 3.8) is 0 Å². The molecule has 0 radical (unpaired) electrons. The van der Waals surface area contributed by atoms with Gasteiger partial charge in [-0.3, -0.25) is 4.98 Å². The van der Waals surface area contributed by atoms with Crippen LogP contribution < -0.4 is 0 Å². The number of rotatable bonds is 5. The highest BCUT2D eigenvalue weighted by atomic mass is 15.1. The zero-order valence-electron chi connectivity index (χ0n) is 27.6. The van der Waals surface area contributed by atoms with Crippen LogP contribution in [0.5, 0.6) is 0 Å². The van der Waals surface area contributed by atoms with Crippen molar-refractivity contribution in [1.82, 2.24) is 14.5 Å². The fourth-order valence-corrected chi connectivity index (χ4v) is 7.55. The number of fused-ring (bicyclic) bond motifs is 5. The van der Waals surface area contributed by atoms with Gasteiger partial charge >= 0.3 is 0 Å². The molecule has 0 fully saturated rings. The molecule has 8 aromatic rings. The SMILES string of the molecule is CC1=C(c2cc(-c3ccc4c(ccc5c6ccc(-c7cccc(-c8ccccc8)c7)cc6n(-c6ccccc6)c45)c3)ccn2)N(C)CC=C1. The monoisotopic (exact) mass is 629 g/mol. The summed E-state index contributed by atoms with van der Waals surface area (Å²) in [5.74, 6) is 0. The van der Waals surface area contributed by atoms with Gasteiger partial charge in [0.2, 0.25) is 0 Å². The van der Waals surface area contributed by atoms with E-state index in [4.69, 9.17) is 4.98 Å². The molecule has 3 nitrogen and oxygen atoms in total. The van der Waals surface area contributed by atoms with Gasteiger partial charge in [0, 0.05) is 41.6 Å². The first-order valence-corrected chi connectivity index (χ1v) is 16.9. The van der Waals surface area contributed by atoms with Crippen molar-refractivity contribution in [1.29, 1.82) is 0 Å². The van der Waals surface area contributed by atoms with Crippen LogP contribution in [0.3, 0.4) is 0 Å². The van der Waals surface area contributed by atoms with Crippen LogP contribution in [0.2, 0.25) is 0 Å². The minimum absolute atomic E-state index is 0.890. The Bertz CT molecular complexity index is 2590. The lowest BCUT2D eigenvalue weighted by Gasteiger charge is -2.26. The van der Waals surface area contributed by atoms with Crippen molar-refractivity contribution >= 4 is 38.3 Å². The lowest BCUT2D eigenvalue weighted by molar-refractivity contribution is 0.525. The first-order valence-electron chi connectivity index (χ1n) is 16.9. The van der Waals surface area contributed by atoms with Gasteiger partial charge in [-0.25, -0.2) is 0 Å². The summed E-state index contributed by atoms with van der Waals surface area (Å²) in [5.41, 5.74) is 14.2. The van der Waals surface area contributed by atoms with Gasteiger partial charge in [-0.1, -0.05) is 115 Å². The second kappa shape index (κ2) is 11.8. The van der Waals surface area contributed by atoms with Crippen LogP contribution in [0.15, 0.2) is 170 Å². The van der Waals surface area contributed by atoms with Crippen LogP contribution in [0, 0.1) is 0 Å². The Balaban J connectivity index is 1.21. The summed E-state index contributed by atoms with van der Waals surface area (Å²) in [6.45, 7) is 3.05. The maximum absolute atomic E-state index is 4.77. The molecular weight excluding hydrogens is 595 g/mol. The Morgan fingerprint density at radius 3 is 2.00 bits per heavy atom. The second-order valence-corrected chi connectivity index (χ2v) is 13.0. The van der Waals surface area contributed by atoms with Gasteiger partial charge in [-0.05, 0) is 93.7 Å². The highest BCUT2D eigenvalue weighted by Gasteiger charge is 2.18. The summed E-state index contributed by atoms with van der Waals surface area (Å²) in [7, 11) is 2.13. The van der Waals surface area contributed by atoms with Gasteiger partial charge in [-0.15, -0.1) is 0 Å². The third kappa shape index (κ3) is 5.03. The zero-order chi connectivity index (χ0) is 32.9. The lowest BCUT2D eigenvalue weighted by Crippen LogP contribution is -2.21. The first kappa shape index (κ1) is 29.0. The van der Waals surface area contributed by atoms with E-state index in [0.717, 1.165) is 17.9 Å². The molecule has 0 amide bonds. The minimum Gasteiger partial charge on any atom is -0.369 e. The van der Waals surface area contributed by atoms with Crippen molar-refractivity contribution < 1.29 is 0 Å². The quantitative estimate of drug-likeness (QED) is 0.189. The summed E-state index contributed by atoms with van der Waals surface area (Å²) >= 11 is 0. The number of benzene rings is 6. The van der Waals surface area contributed by atoms with Crippen LogP contribution in [0.1, 0.15) is 12.6 Å². The molecular formula is C46H35N3. The highest BCUT2D eigenvalue weighted by Crippen LogP contribution is 2.40. The van der Waals surface area contributed by atoms with Gasteiger partial charge in [-0.2, -0.15) is 0 Å². The molecule has 3 heteroatoms. The van der Waals surface area contributed by atoms with E-state index in [2.05, 4.69) is 181 Å². The van der Waals surface area contributed by atoms with Crippen molar-refractivity contribution in [3.05, 3.63) is 175 Å². The number of nitrogens with zero attached hydrogens (tertiary/aromatic N) is 3. The maximum Gasteiger partial charge on any atom is 0.0871 e. The van der Waals surface area contributed by atoms with Crippen LogP contribution >= 0.6 is 0 Å². The molecule has 0 aliphatic carbocycles. The third-order valence-corrected chi connectivity index (χ3v) is 9.90. The van der Waals surface area contributed by atoms with Crippen molar-refractivity contribution in [2.75, 3.05) is 13.6 Å². The molecule has 0 saturated carbocycles. The molecule has 1 aliphatic heterocycles. The van der Waals surface area contributed by atoms with E-state index in [0.29, 0.717) is 0 Å². The number of likely N-dealkylation sites (N-methyl/N-ethyl adjacent to an activating group) is 1. The molecule has 234 valence electrons. The molecule has 1 aliphatic rings. The molecule has 0 saturated heterocycles. The van der Waals surface area contributed by atoms with Gasteiger partial charge < -0.3 is 9.47 Å². The fourth-order valence-electron chi connectivity index (χ4n) is 7.55.